The van der Waals surface area contributed by atoms with Crippen molar-refractivity contribution in [3.63, 3.8) is 0 Å². The lowest BCUT2D eigenvalue weighted by atomic mass is 9.95. The van der Waals surface area contributed by atoms with Crippen molar-refractivity contribution in [1.29, 1.82) is 0 Å². The summed E-state index contributed by atoms with van der Waals surface area (Å²) in [7, 11) is 0. The maximum atomic E-state index is 12.3. The summed E-state index contributed by atoms with van der Waals surface area (Å²) in [6.07, 6.45) is 1.83. The lowest BCUT2D eigenvalue weighted by Gasteiger charge is -2.19. The monoisotopic (exact) mass is 286 g/mol. The zero-order valence-corrected chi connectivity index (χ0v) is 12.1. The summed E-state index contributed by atoms with van der Waals surface area (Å²) in [5.41, 5.74) is 4.59. The van der Waals surface area contributed by atoms with Crippen molar-refractivity contribution < 1.29 is 4.79 Å². The lowest BCUT2D eigenvalue weighted by Crippen LogP contribution is -2.30. The Morgan fingerprint density at radius 3 is 3.15 bits per heavy atom. The van der Waals surface area contributed by atoms with Gasteiger partial charge in [0.2, 0.25) is 0 Å². The van der Waals surface area contributed by atoms with Gasteiger partial charge in [-0.05, 0) is 59.0 Å². The molecule has 0 atom stereocenters. The Balaban J connectivity index is 1.65. The van der Waals surface area contributed by atoms with Crippen LogP contribution in [-0.2, 0) is 19.4 Å². The second-order valence-electron chi connectivity index (χ2n) is 5.01. The van der Waals surface area contributed by atoms with E-state index in [9.17, 15) is 4.79 Å². The predicted octanol–water partition coefficient (Wildman–Crippen LogP) is 2.37. The van der Waals surface area contributed by atoms with Gasteiger partial charge in [0.1, 0.15) is 0 Å². The number of fused-ring (bicyclic) bond motifs is 1. The fraction of sp³-hybridized carbons (Fsp3) is 0.312. The smallest absolute Gasteiger partial charge is 0.251 e. The molecule has 1 aliphatic rings. The van der Waals surface area contributed by atoms with Crippen molar-refractivity contribution in [3.05, 3.63) is 57.3 Å². The molecule has 0 saturated carbocycles. The van der Waals surface area contributed by atoms with E-state index in [1.165, 1.54) is 16.7 Å². The van der Waals surface area contributed by atoms with Crippen LogP contribution in [0.25, 0.3) is 0 Å². The van der Waals surface area contributed by atoms with E-state index in [1.807, 2.05) is 12.1 Å². The van der Waals surface area contributed by atoms with Crippen LogP contribution in [0, 0.1) is 0 Å². The molecule has 4 heteroatoms. The summed E-state index contributed by atoms with van der Waals surface area (Å²) in [6, 6.07) is 8.11. The number of carbonyl (C=O) groups is 1. The van der Waals surface area contributed by atoms with E-state index in [1.54, 1.807) is 11.3 Å². The zero-order valence-electron chi connectivity index (χ0n) is 11.3. The van der Waals surface area contributed by atoms with Crippen molar-refractivity contribution in [2.75, 3.05) is 13.1 Å². The first-order valence-electron chi connectivity index (χ1n) is 6.95. The van der Waals surface area contributed by atoms with Crippen LogP contribution in [0.2, 0.25) is 0 Å². The molecule has 0 spiro atoms. The summed E-state index contributed by atoms with van der Waals surface area (Å²) >= 11 is 1.69. The normalized spacial score (nSPS) is 13.8. The van der Waals surface area contributed by atoms with E-state index in [2.05, 4.69) is 33.5 Å². The summed E-state index contributed by atoms with van der Waals surface area (Å²) in [6.45, 7) is 2.51. The molecule has 1 aromatic carbocycles. The fourth-order valence-corrected chi connectivity index (χ4v) is 3.30. The summed E-state index contributed by atoms with van der Waals surface area (Å²) < 4.78 is 0. The molecule has 20 heavy (non-hydrogen) atoms. The van der Waals surface area contributed by atoms with E-state index in [-0.39, 0.29) is 5.91 Å². The summed E-state index contributed by atoms with van der Waals surface area (Å²) in [4.78, 5) is 12.3. The van der Waals surface area contributed by atoms with Gasteiger partial charge in [0, 0.05) is 18.7 Å². The molecular weight excluding hydrogens is 268 g/mol. The molecule has 104 valence electrons. The Labute approximate surface area is 123 Å². The van der Waals surface area contributed by atoms with E-state index in [0.29, 0.717) is 6.54 Å². The molecule has 0 fully saturated rings. The maximum absolute atomic E-state index is 12.3. The second kappa shape index (κ2) is 6.20. The van der Waals surface area contributed by atoms with Crippen LogP contribution in [0.1, 0.15) is 27.0 Å². The quantitative estimate of drug-likeness (QED) is 0.906. The SMILES string of the molecule is O=C(NCCc1ccsc1)c1cccc2c1CCNC2. The molecule has 0 aliphatic carbocycles. The van der Waals surface area contributed by atoms with Crippen molar-refractivity contribution in [3.8, 4) is 0 Å². The van der Waals surface area contributed by atoms with Crippen LogP contribution < -0.4 is 10.6 Å². The number of nitrogens with one attached hydrogen (secondary N) is 2. The summed E-state index contributed by atoms with van der Waals surface area (Å²) in [5.74, 6) is 0.0546. The Morgan fingerprint density at radius 2 is 2.30 bits per heavy atom. The number of thiophene rings is 1. The highest BCUT2D eigenvalue weighted by atomic mass is 32.1. The average Bonchev–Trinajstić information content (AvgIpc) is 3.00. The van der Waals surface area contributed by atoms with Crippen LogP contribution >= 0.6 is 11.3 Å². The highest BCUT2D eigenvalue weighted by Crippen LogP contribution is 2.18. The molecule has 2 aromatic rings. The zero-order chi connectivity index (χ0) is 13.8. The van der Waals surface area contributed by atoms with E-state index >= 15 is 0 Å². The van der Waals surface area contributed by atoms with Gasteiger partial charge in [0.05, 0.1) is 0 Å². The Bertz CT molecular complexity index is 593. The van der Waals surface area contributed by atoms with E-state index in [0.717, 1.165) is 31.5 Å². The lowest BCUT2D eigenvalue weighted by molar-refractivity contribution is 0.0953. The molecule has 0 unspecified atom stereocenters. The minimum atomic E-state index is 0.0546. The number of benzene rings is 1. The summed E-state index contributed by atoms with van der Waals surface area (Å²) in [5, 5.41) is 10.6. The van der Waals surface area contributed by atoms with Crippen molar-refractivity contribution in [2.45, 2.75) is 19.4 Å². The molecule has 2 N–H and O–H groups in total. The molecule has 0 radical (unpaired) electrons. The van der Waals surface area contributed by atoms with E-state index < -0.39 is 0 Å². The third-order valence-corrected chi connectivity index (χ3v) is 4.40. The minimum Gasteiger partial charge on any atom is -0.352 e. The van der Waals surface area contributed by atoms with Gasteiger partial charge >= 0.3 is 0 Å². The third kappa shape index (κ3) is 2.92. The number of rotatable bonds is 4. The van der Waals surface area contributed by atoms with Gasteiger partial charge in [-0.1, -0.05) is 12.1 Å². The van der Waals surface area contributed by atoms with Gasteiger partial charge in [0.25, 0.3) is 5.91 Å². The first-order valence-corrected chi connectivity index (χ1v) is 7.89. The molecule has 0 saturated heterocycles. The largest absolute Gasteiger partial charge is 0.352 e. The molecule has 1 aromatic heterocycles. The third-order valence-electron chi connectivity index (χ3n) is 3.66. The average molecular weight is 286 g/mol. The van der Waals surface area contributed by atoms with Crippen molar-refractivity contribution >= 4 is 17.2 Å². The second-order valence-corrected chi connectivity index (χ2v) is 5.79. The highest BCUT2D eigenvalue weighted by molar-refractivity contribution is 7.07. The highest BCUT2D eigenvalue weighted by Gasteiger charge is 2.16. The Kier molecular flexibility index (Phi) is 4.14. The fourth-order valence-electron chi connectivity index (χ4n) is 2.60. The van der Waals surface area contributed by atoms with Gasteiger partial charge < -0.3 is 10.6 Å². The van der Waals surface area contributed by atoms with Crippen LogP contribution in [0.3, 0.4) is 0 Å². The van der Waals surface area contributed by atoms with Crippen molar-refractivity contribution in [2.24, 2.45) is 0 Å². The number of carbonyl (C=O) groups excluding carboxylic acids is 1. The van der Waals surface area contributed by atoms with Crippen LogP contribution in [0.5, 0.6) is 0 Å². The molecule has 1 aliphatic heterocycles. The molecule has 3 nitrogen and oxygen atoms in total. The molecule has 3 rings (SSSR count). The van der Waals surface area contributed by atoms with Crippen LogP contribution in [0.15, 0.2) is 35.0 Å². The molecule has 1 amide bonds. The van der Waals surface area contributed by atoms with Crippen LogP contribution in [-0.4, -0.2) is 19.0 Å². The van der Waals surface area contributed by atoms with E-state index in [4.69, 9.17) is 0 Å². The Morgan fingerprint density at radius 1 is 1.35 bits per heavy atom. The van der Waals surface area contributed by atoms with Gasteiger partial charge in [-0.3, -0.25) is 4.79 Å². The number of hydrogen-bond acceptors (Lipinski definition) is 3. The van der Waals surface area contributed by atoms with Gasteiger partial charge in [-0.25, -0.2) is 0 Å². The maximum Gasteiger partial charge on any atom is 0.251 e. The first-order chi connectivity index (χ1) is 9.84. The van der Waals surface area contributed by atoms with Gasteiger partial charge in [-0.15, -0.1) is 0 Å². The van der Waals surface area contributed by atoms with Gasteiger partial charge in [0.15, 0.2) is 0 Å². The minimum absolute atomic E-state index is 0.0546. The molecule has 2 heterocycles. The van der Waals surface area contributed by atoms with Crippen molar-refractivity contribution in [1.82, 2.24) is 10.6 Å². The Hall–Kier alpha value is -1.65. The number of hydrogen-bond donors (Lipinski definition) is 2. The molecule has 0 bridgehead atoms. The molecular formula is C16H18N2OS. The first kappa shape index (κ1) is 13.3. The predicted molar refractivity (Wildman–Crippen MR) is 82.2 cm³/mol. The van der Waals surface area contributed by atoms with Crippen LogP contribution in [0.4, 0.5) is 0 Å². The number of amides is 1. The topological polar surface area (TPSA) is 41.1 Å². The standard InChI is InChI=1S/C16H18N2OS/c19-16(18-8-4-12-6-9-20-11-12)15-3-1-2-13-10-17-7-5-14(13)15/h1-3,6,9,11,17H,4-5,7-8,10H2,(H,18,19). The van der Waals surface area contributed by atoms with Gasteiger partial charge in [-0.2, -0.15) is 11.3 Å².